The summed E-state index contributed by atoms with van der Waals surface area (Å²) < 4.78 is 5.03. The minimum atomic E-state index is -1.08. The minimum absolute atomic E-state index is 0.0504. The van der Waals surface area contributed by atoms with Gasteiger partial charge in [-0.25, -0.2) is 4.98 Å². The van der Waals surface area contributed by atoms with Gasteiger partial charge in [-0.1, -0.05) is 12.1 Å². The van der Waals surface area contributed by atoms with Crippen LogP contribution in [0.4, 0.5) is 5.69 Å². The number of benzene rings is 1. The number of thiazole rings is 1. The molecule has 24 heavy (non-hydrogen) atoms. The molecular formula is C16H9N3O4S. The van der Waals surface area contributed by atoms with Crippen molar-refractivity contribution in [2.24, 2.45) is 0 Å². The third-order valence-electron chi connectivity index (χ3n) is 3.28. The number of furan rings is 1. The van der Waals surface area contributed by atoms with E-state index in [0.29, 0.717) is 16.3 Å². The lowest BCUT2D eigenvalue weighted by Crippen LogP contribution is -2.10. The van der Waals surface area contributed by atoms with E-state index in [9.17, 15) is 20.2 Å². The molecule has 7 nitrogen and oxygen atoms in total. The number of aromatic nitrogens is 1. The van der Waals surface area contributed by atoms with Gasteiger partial charge in [0.05, 0.1) is 22.9 Å². The zero-order chi connectivity index (χ0) is 17.1. The average molecular weight is 339 g/mol. The Hall–Kier alpha value is -3.31. The van der Waals surface area contributed by atoms with Crippen LogP contribution < -0.4 is 0 Å². The van der Waals surface area contributed by atoms with Gasteiger partial charge in [-0.05, 0) is 12.1 Å². The molecule has 0 amide bonds. The van der Waals surface area contributed by atoms with Crippen LogP contribution in [0.1, 0.15) is 21.5 Å². The first-order valence-electron chi connectivity index (χ1n) is 6.77. The third-order valence-corrected chi connectivity index (χ3v) is 4.19. The summed E-state index contributed by atoms with van der Waals surface area (Å²) in [6, 6.07) is 11.0. The van der Waals surface area contributed by atoms with E-state index >= 15 is 0 Å². The number of carbonyl (C=O) groups excluding carboxylic acids is 1. The van der Waals surface area contributed by atoms with Crippen LogP contribution >= 0.6 is 11.3 Å². The fraction of sp³-hybridized carbons (Fsp3) is 0.0625. The third kappa shape index (κ3) is 2.93. The SMILES string of the molecule is N#CC(C(=O)c1ccco1)c1nc(-c2cccc([N+](=O)[O-])c2)cs1. The lowest BCUT2D eigenvalue weighted by atomic mass is 10.0. The average Bonchev–Trinajstić information content (AvgIpc) is 3.27. The van der Waals surface area contributed by atoms with Crippen molar-refractivity contribution in [3.05, 3.63) is 68.9 Å². The van der Waals surface area contributed by atoms with Crippen LogP contribution in [0.15, 0.2) is 52.5 Å². The Morgan fingerprint density at radius 3 is 2.88 bits per heavy atom. The molecule has 0 saturated carbocycles. The molecule has 0 aliphatic heterocycles. The van der Waals surface area contributed by atoms with E-state index in [1.54, 1.807) is 23.6 Å². The summed E-state index contributed by atoms with van der Waals surface area (Å²) in [7, 11) is 0. The highest BCUT2D eigenvalue weighted by atomic mass is 32.1. The molecule has 0 saturated heterocycles. The molecule has 0 fully saturated rings. The number of rotatable bonds is 5. The van der Waals surface area contributed by atoms with Gasteiger partial charge in [0.25, 0.3) is 5.69 Å². The molecule has 1 aromatic carbocycles. The maximum Gasteiger partial charge on any atom is 0.270 e. The first kappa shape index (κ1) is 15.6. The maximum absolute atomic E-state index is 12.3. The van der Waals surface area contributed by atoms with Crippen molar-refractivity contribution in [1.29, 1.82) is 5.26 Å². The van der Waals surface area contributed by atoms with Crippen molar-refractivity contribution in [3.8, 4) is 17.3 Å². The van der Waals surface area contributed by atoms with Crippen molar-refractivity contribution in [3.63, 3.8) is 0 Å². The first-order valence-corrected chi connectivity index (χ1v) is 7.65. The monoisotopic (exact) mass is 339 g/mol. The summed E-state index contributed by atoms with van der Waals surface area (Å²) in [6.45, 7) is 0. The number of Topliss-reactive ketones (excluding diaryl/α,β-unsaturated/α-hetero) is 1. The molecule has 118 valence electrons. The predicted octanol–water partition coefficient (Wildman–Crippen LogP) is 3.80. The zero-order valence-corrected chi connectivity index (χ0v) is 12.9. The Kier molecular flexibility index (Phi) is 4.18. The highest BCUT2D eigenvalue weighted by molar-refractivity contribution is 7.10. The summed E-state index contributed by atoms with van der Waals surface area (Å²) in [5.74, 6) is -1.45. The van der Waals surface area contributed by atoms with Crippen molar-refractivity contribution in [1.82, 2.24) is 4.98 Å². The summed E-state index contributed by atoms with van der Waals surface area (Å²) in [4.78, 5) is 26.9. The fourth-order valence-electron chi connectivity index (χ4n) is 2.12. The van der Waals surface area contributed by atoms with E-state index in [2.05, 4.69) is 4.98 Å². The second-order valence-electron chi connectivity index (χ2n) is 4.78. The van der Waals surface area contributed by atoms with Crippen LogP contribution in [0.2, 0.25) is 0 Å². The second-order valence-corrected chi connectivity index (χ2v) is 5.67. The lowest BCUT2D eigenvalue weighted by molar-refractivity contribution is -0.384. The molecule has 0 aliphatic carbocycles. The van der Waals surface area contributed by atoms with Gasteiger partial charge >= 0.3 is 0 Å². The Labute approximate surface area is 140 Å². The van der Waals surface area contributed by atoms with E-state index in [1.807, 2.05) is 6.07 Å². The Morgan fingerprint density at radius 1 is 1.38 bits per heavy atom. The topological polar surface area (TPSA) is 110 Å². The zero-order valence-electron chi connectivity index (χ0n) is 12.1. The molecule has 3 rings (SSSR count). The van der Waals surface area contributed by atoms with E-state index in [-0.39, 0.29) is 11.4 Å². The number of hydrogen-bond acceptors (Lipinski definition) is 7. The molecule has 1 unspecified atom stereocenters. The van der Waals surface area contributed by atoms with Gasteiger partial charge in [-0.3, -0.25) is 14.9 Å². The van der Waals surface area contributed by atoms with E-state index in [1.165, 1.54) is 24.5 Å². The van der Waals surface area contributed by atoms with Crippen molar-refractivity contribution < 1.29 is 14.1 Å². The Balaban J connectivity index is 1.92. The van der Waals surface area contributed by atoms with Gasteiger partial charge in [-0.15, -0.1) is 11.3 Å². The van der Waals surface area contributed by atoms with Crippen molar-refractivity contribution in [2.45, 2.75) is 5.92 Å². The van der Waals surface area contributed by atoms with Crippen molar-refractivity contribution in [2.75, 3.05) is 0 Å². The standard InChI is InChI=1S/C16H9N3O4S/c17-8-12(15(20)14-5-2-6-23-14)16-18-13(9-24-16)10-3-1-4-11(7-10)19(21)22/h1-7,9,12H. The molecule has 2 heterocycles. The van der Waals surface area contributed by atoms with E-state index in [4.69, 9.17) is 4.42 Å². The quantitative estimate of drug-likeness (QED) is 0.397. The number of non-ortho nitro benzene ring substituents is 1. The number of nitro benzene ring substituents is 1. The van der Waals surface area contributed by atoms with Crippen LogP contribution in [0.3, 0.4) is 0 Å². The summed E-state index contributed by atoms with van der Waals surface area (Å²) in [5, 5.41) is 22.1. The Morgan fingerprint density at radius 2 is 2.21 bits per heavy atom. The summed E-state index contributed by atoms with van der Waals surface area (Å²) in [6.07, 6.45) is 1.36. The largest absolute Gasteiger partial charge is 0.461 e. The van der Waals surface area contributed by atoms with Gasteiger partial charge < -0.3 is 4.42 Å². The molecule has 3 aromatic rings. The number of hydrogen-bond donors (Lipinski definition) is 0. The molecule has 1 atom stereocenters. The molecule has 0 N–H and O–H groups in total. The molecule has 2 aromatic heterocycles. The molecule has 0 aliphatic rings. The van der Waals surface area contributed by atoms with Crippen LogP contribution in [0, 0.1) is 21.4 Å². The number of nitro groups is 1. The van der Waals surface area contributed by atoms with Gasteiger partial charge in [0.15, 0.2) is 11.7 Å². The van der Waals surface area contributed by atoms with Gasteiger partial charge in [-0.2, -0.15) is 5.26 Å². The normalized spacial score (nSPS) is 11.6. The maximum atomic E-state index is 12.3. The van der Waals surface area contributed by atoms with Gasteiger partial charge in [0.1, 0.15) is 5.01 Å². The van der Waals surface area contributed by atoms with Crippen LogP contribution in [-0.2, 0) is 0 Å². The number of nitriles is 1. The first-order chi connectivity index (χ1) is 11.6. The van der Waals surface area contributed by atoms with Crippen LogP contribution in [0.25, 0.3) is 11.3 Å². The number of nitrogens with zero attached hydrogens (tertiary/aromatic N) is 3. The van der Waals surface area contributed by atoms with Gasteiger partial charge in [0, 0.05) is 23.1 Å². The molecule has 0 spiro atoms. The summed E-state index contributed by atoms with van der Waals surface area (Å²) in [5.41, 5.74) is 0.977. The fourth-order valence-corrected chi connectivity index (χ4v) is 2.99. The van der Waals surface area contributed by atoms with Crippen molar-refractivity contribution >= 4 is 22.8 Å². The van der Waals surface area contributed by atoms with Crippen LogP contribution in [0.5, 0.6) is 0 Å². The smallest absolute Gasteiger partial charge is 0.270 e. The van der Waals surface area contributed by atoms with Crippen LogP contribution in [-0.4, -0.2) is 15.7 Å². The molecule has 0 radical (unpaired) electrons. The second kappa shape index (κ2) is 6.44. The number of ketones is 1. The molecular weight excluding hydrogens is 330 g/mol. The van der Waals surface area contributed by atoms with E-state index < -0.39 is 16.6 Å². The Bertz CT molecular complexity index is 940. The molecule has 8 heteroatoms. The highest BCUT2D eigenvalue weighted by Crippen LogP contribution is 2.30. The highest BCUT2D eigenvalue weighted by Gasteiger charge is 2.27. The predicted molar refractivity (Wildman–Crippen MR) is 85.6 cm³/mol. The van der Waals surface area contributed by atoms with E-state index in [0.717, 1.165) is 11.3 Å². The minimum Gasteiger partial charge on any atom is -0.461 e. The van der Waals surface area contributed by atoms with Gasteiger partial charge in [0.2, 0.25) is 5.78 Å². The molecule has 0 bridgehead atoms. The summed E-state index contributed by atoms with van der Waals surface area (Å²) >= 11 is 1.15. The number of carbonyl (C=O) groups is 1. The lowest BCUT2D eigenvalue weighted by Gasteiger charge is -2.02.